The lowest BCUT2D eigenvalue weighted by atomic mass is 10.3. The van der Waals surface area contributed by atoms with Crippen LogP contribution in [0.2, 0.25) is 0 Å². The van der Waals surface area contributed by atoms with Crippen LogP contribution in [0.3, 0.4) is 0 Å². The van der Waals surface area contributed by atoms with Crippen molar-refractivity contribution < 1.29 is 0 Å². The molecule has 0 aliphatic rings. The summed E-state index contributed by atoms with van der Waals surface area (Å²) < 4.78 is 1.98. The lowest BCUT2D eigenvalue weighted by Crippen LogP contribution is -2.01. The second kappa shape index (κ2) is 4.93. The predicted molar refractivity (Wildman–Crippen MR) is 53.4 cm³/mol. The number of nitriles is 1. The van der Waals surface area contributed by atoms with Crippen LogP contribution in [0.15, 0.2) is 17.6 Å². The Morgan fingerprint density at radius 1 is 1.77 bits per heavy atom. The minimum atomic E-state index is 0.367. The molecule has 0 aromatic carbocycles. The summed E-state index contributed by atoms with van der Waals surface area (Å²) in [6.45, 7) is 2.10. The molecule has 0 saturated carbocycles. The summed E-state index contributed by atoms with van der Waals surface area (Å²) in [6, 6.07) is 2.19. The molecule has 1 atom stereocenters. The molecule has 0 N–H and O–H groups in total. The Balaban J connectivity index is 2.57. The molecule has 0 radical (unpaired) electrons. The van der Waals surface area contributed by atoms with E-state index in [1.165, 1.54) is 0 Å². The molecule has 13 heavy (non-hydrogen) atoms. The third kappa shape index (κ3) is 2.78. The molecule has 0 bridgehead atoms. The second-order valence-corrected chi connectivity index (χ2v) is 4.10. The summed E-state index contributed by atoms with van der Waals surface area (Å²) in [4.78, 5) is 4.20. The maximum atomic E-state index is 8.58. The molecule has 0 spiro atoms. The molecule has 4 heteroatoms. The summed E-state index contributed by atoms with van der Waals surface area (Å²) in [5.41, 5.74) is 0. The topological polar surface area (TPSA) is 41.6 Å². The van der Waals surface area contributed by atoms with Crippen LogP contribution in [0, 0.1) is 11.3 Å². The zero-order valence-electron chi connectivity index (χ0n) is 7.90. The molecule has 0 amide bonds. The normalized spacial score (nSPS) is 12.4. The molecule has 1 aromatic rings. The first-order valence-electron chi connectivity index (χ1n) is 4.28. The minimum Gasteiger partial charge on any atom is -0.329 e. The van der Waals surface area contributed by atoms with Crippen molar-refractivity contribution in [3.8, 4) is 6.07 Å². The van der Waals surface area contributed by atoms with Crippen LogP contribution in [-0.2, 0) is 7.05 Å². The second-order valence-electron chi connectivity index (χ2n) is 2.83. The van der Waals surface area contributed by atoms with Gasteiger partial charge in [0.2, 0.25) is 0 Å². The van der Waals surface area contributed by atoms with Crippen molar-refractivity contribution in [2.45, 2.75) is 30.2 Å². The maximum absolute atomic E-state index is 8.58. The Bertz CT molecular complexity index is 300. The number of hydrogen-bond acceptors (Lipinski definition) is 3. The fourth-order valence-electron chi connectivity index (χ4n) is 0.986. The van der Waals surface area contributed by atoms with E-state index >= 15 is 0 Å². The smallest absolute Gasteiger partial charge is 0.167 e. The molecule has 0 saturated heterocycles. The zero-order valence-corrected chi connectivity index (χ0v) is 8.71. The highest BCUT2D eigenvalue weighted by atomic mass is 32.2. The van der Waals surface area contributed by atoms with Gasteiger partial charge in [-0.15, -0.1) is 0 Å². The van der Waals surface area contributed by atoms with E-state index in [4.69, 9.17) is 5.26 Å². The molecular weight excluding hydrogens is 182 g/mol. The van der Waals surface area contributed by atoms with Crippen LogP contribution >= 0.6 is 11.8 Å². The summed E-state index contributed by atoms with van der Waals surface area (Å²) in [7, 11) is 1.97. The molecule has 70 valence electrons. The van der Waals surface area contributed by atoms with E-state index in [2.05, 4.69) is 18.0 Å². The number of rotatable bonds is 4. The Morgan fingerprint density at radius 2 is 2.54 bits per heavy atom. The van der Waals surface area contributed by atoms with Gasteiger partial charge in [-0.05, 0) is 6.42 Å². The van der Waals surface area contributed by atoms with Gasteiger partial charge >= 0.3 is 0 Å². The lowest BCUT2D eigenvalue weighted by molar-refractivity contribution is 0.772. The van der Waals surface area contributed by atoms with E-state index in [0.717, 1.165) is 11.6 Å². The van der Waals surface area contributed by atoms with E-state index in [-0.39, 0.29) is 0 Å². The first-order chi connectivity index (χ1) is 6.27. The lowest BCUT2D eigenvalue weighted by Gasteiger charge is -2.09. The third-order valence-electron chi connectivity index (χ3n) is 1.82. The maximum Gasteiger partial charge on any atom is 0.167 e. The number of thioether (sulfide) groups is 1. The highest BCUT2D eigenvalue weighted by Gasteiger charge is 2.10. The Kier molecular flexibility index (Phi) is 3.84. The van der Waals surface area contributed by atoms with Gasteiger partial charge < -0.3 is 4.57 Å². The highest BCUT2D eigenvalue weighted by molar-refractivity contribution is 7.99. The monoisotopic (exact) mass is 195 g/mol. The molecule has 1 heterocycles. The van der Waals surface area contributed by atoms with Crippen molar-refractivity contribution in [3.63, 3.8) is 0 Å². The minimum absolute atomic E-state index is 0.367. The Hall–Kier alpha value is -0.950. The van der Waals surface area contributed by atoms with Crippen molar-refractivity contribution in [2.75, 3.05) is 0 Å². The van der Waals surface area contributed by atoms with Crippen LogP contribution in [0.1, 0.15) is 19.8 Å². The van der Waals surface area contributed by atoms with E-state index < -0.39 is 0 Å². The largest absolute Gasteiger partial charge is 0.329 e. The van der Waals surface area contributed by atoms with E-state index in [9.17, 15) is 0 Å². The molecule has 0 fully saturated rings. The van der Waals surface area contributed by atoms with Gasteiger partial charge in [0.1, 0.15) is 0 Å². The van der Waals surface area contributed by atoms with Crippen LogP contribution in [-0.4, -0.2) is 14.8 Å². The van der Waals surface area contributed by atoms with Crippen LogP contribution < -0.4 is 0 Å². The molecular formula is C9H13N3S. The van der Waals surface area contributed by atoms with E-state index in [0.29, 0.717) is 11.7 Å². The average molecular weight is 195 g/mol. The van der Waals surface area contributed by atoms with Crippen molar-refractivity contribution in [2.24, 2.45) is 7.05 Å². The fraction of sp³-hybridized carbons (Fsp3) is 0.556. The molecule has 3 nitrogen and oxygen atoms in total. The van der Waals surface area contributed by atoms with Crippen molar-refractivity contribution in [3.05, 3.63) is 12.4 Å². The van der Waals surface area contributed by atoms with Crippen molar-refractivity contribution >= 4 is 11.8 Å². The van der Waals surface area contributed by atoms with Gasteiger partial charge in [0, 0.05) is 31.1 Å². The van der Waals surface area contributed by atoms with Gasteiger partial charge in [-0.1, -0.05) is 18.7 Å². The fourth-order valence-corrected chi connectivity index (χ4v) is 1.96. The molecule has 1 unspecified atom stereocenters. The Morgan fingerprint density at radius 3 is 3.00 bits per heavy atom. The first-order valence-corrected chi connectivity index (χ1v) is 5.16. The highest BCUT2D eigenvalue weighted by Crippen LogP contribution is 2.25. The average Bonchev–Trinajstić information content (AvgIpc) is 2.51. The number of aromatic nitrogens is 2. The molecule has 0 aliphatic heterocycles. The summed E-state index contributed by atoms with van der Waals surface area (Å²) in [5.74, 6) is 0. The van der Waals surface area contributed by atoms with Crippen molar-refractivity contribution in [1.82, 2.24) is 9.55 Å². The number of nitrogens with zero attached hydrogens (tertiary/aromatic N) is 3. The molecule has 1 aromatic heterocycles. The Labute approximate surface area is 82.8 Å². The van der Waals surface area contributed by atoms with Gasteiger partial charge in [0.25, 0.3) is 0 Å². The standard InChI is InChI=1S/C9H13N3S/c1-3-8(4-5-10)13-9-11-6-7-12(9)2/h6-8H,3-4H2,1-2H3. The van der Waals surface area contributed by atoms with E-state index in [1.54, 1.807) is 18.0 Å². The van der Waals surface area contributed by atoms with Crippen molar-refractivity contribution in [1.29, 1.82) is 5.26 Å². The van der Waals surface area contributed by atoms with Crippen LogP contribution in [0.4, 0.5) is 0 Å². The summed E-state index contributed by atoms with van der Waals surface area (Å²) >= 11 is 1.68. The van der Waals surface area contributed by atoms with E-state index in [1.807, 2.05) is 17.8 Å². The van der Waals surface area contributed by atoms with Gasteiger partial charge in [0.05, 0.1) is 6.07 Å². The number of hydrogen-bond donors (Lipinski definition) is 0. The van der Waals surface area contributed by atoms with Gasteiger partial charge in [-0.2, -0.15) is 5.26 Å². The SMILES string of the molecule is CCC(CC#N)Sc1nccn1C. The number of imidazole rings is 1. The molecule has 0 aliphatic carbocycles. The summed E-state index contributed by atoms with van der Waals surface area (Å²) in [6.07, 6.45) is 5.29. The summed E-state index contributed by atoms with van der Waals surface area (Å²) in [5, 5.41) is 9.93. The number of aryl methyl sites for hydroxylation is 1. The van der Waals surface area contributed by atoms with Gasteiger partial charge in [-0.3, -0.25) is 0 Å². The van der Waals surface area contributed by atoms with Crippen LogP contribution in [0.25, 0.3) is 0 Å². The first kappa shape index (κ1) is 10.1. The third-order valence-corrected chi connectivity index (χ3v) is 3.26. The zero-order chi connectivity index (χ0) is 9.68. The predicted octanol–water partition coefficient (Wildman–Crippen LogP) is 2.20. The quantitative estimate of drug-likeness (QED) is 0.692. The van der Waals surface area contributed by atoms with Gasteiger partial charge in [0.15, 0.2) is 5.16 Å². The van der Waals surface area contributed by atoms with Crippen LogP contribution in [0.5, 0.6) is 0 Å². The van der Waals surface area contributed by atoms with Gasteiger partial charge in [-0.25, -0.2) is 4.98 Å². The molecule has 1 rings (SSSR count).